The standard InChI is InChI=1S/C18H19N3O5/c1-4-5-6-26-14-7-11-9-21(15(22)12(11)8-13(14)25-3)10-18(2)16(23)19-17(24)20-18/h7-9,22H,6,10H2,1-3H3,(H2,19,20,23,24). The second kappa shape index (κ2) is 6.52. The summed E-state index contributed by atoms with van der Waals surface area (Å²) in [6, 6.07) is 2.84. The lowest BCUT2D eigenvalue weighted by Gasteiger charge is -2.21. The molecule has 3 rings (SSSR count). The topological polar surface area (TPSA) is 102 Å². The van der Waals surface area contributed by atoms with Gasteiger partial charge in [-0.15, -0.1) is 5.92 Å². The van der Waals surface area contributed by atoms with Gasteiger partial charge in [0.1, 0.15) is 12.1 Å². The van der Waals surface area contributed by atoms with Crippen LogP contribution in [-0.4, -0.2) is 40.9 Å². The number of fused-ring (bicyclic) bond motifs is 1. The lowest BCUT2D eigenvalue weighted by molar-refractivity contribution is -0.123. The molecule has 1 atom stereocenters. The number of ether oxygens (including phenoxy) is 2. The maximum atomic E-state index is 12.0. The van der Waals surface area contributed by atoms with Crippen LogP contribution in [0.5, 0.6) is 17.4 Å². The molecule has 3 N–H and O–H groups in total. The van der Waals surface area contributed by atoms with E-state index in [2.05, 4.69) is 22.5 Å². The van der Waals surface area contributed by atoms with Crippen molar-refractivity contribution < 1.29 is 24.2 Å². The third-order valence-electron chi connectivity index (χ3n) is 4.22. The summed E-state index contributed by atoms with van der Waals surface area (Å²) in [7, 11) is 1.51. The van der Waals surface area contributed by atoms with Crippen LogP contribution >= 0.6 is 0 Å². The molecule has 26 heavy (non-hydrogen) atoms. The van der Waals surface area contributed by atoms with Crippen LogP contribution in [0.2, 0.25) is 0 Å². The normalized spacial score (nSPS) is 18.9. The summed E-state index contributed by atoms with van der Waals surface area (Å²) >= 11 is 0. The number of nitrogens with zero attached hydrogens (tertiary/aromatic N) is 1. The van der Waals surface area contributed by atoms with Crippen molar-refractivity contribution in [1.82, 2.24) is 15.2 Å². The average Bonchev–Trinajstić information content (AvgIpc) is 3.02. The minimum atomic E-state index is -1.15. The second-order valence-electron chi connectivity index (χ2n) is 6.13. The highest BCUT2D eigenvalue weighted by atomic mass is 16.5. The van der Waals surface area contributed by atoms with Crippen LogP contribution < -0.4 is 20.1 Å². The number of methoxy groups -OCH3 is 1. The fraction of sp³-hybridized carbons (Fsp3) is 0.333. The molecule has 0 aliphatic carbocycles. The maximum absolute atomic E-state index is 12.0. The van der Waals surface area contributed by atoms with Gasteiger partial charge in [0.25, 0.3) is 5.91 Å². The molecule has 1 fully saturated rings. The average molecular weight is 357 g/mol. The van der Waals surface area contributed by atoms with E-state index in [1.807, 2.05) is 0 Å². The Balaban J connectivity index is 1.97. The number of hydrogen-bond acceptors (Lipinski definition) is 5. The highest BCUT2D eigenvalue weighted by Gasteiger charge is 2.42. The van der Waals surface area contributed by atoms with E-state index >= 15 is 0 Å². The number of aromatic hydroxyl groups is 1. The quantitative estimate of drug-likeness (QED) is 0.554. The van der Waals surface area contributed by atoms with Gasteiger partial charge in [0.05, 0.1) is 13.7 Å². The molecular formula is C18H19N3O5. The molecular weight excluding hydrogens is 338 g/mol. The van der Waals surface area contributed by atoms with Gasteiger partial charge < -0.3 is 24.5 Å². The Morgan fingerprint density at radius 3 is 2.69 bits per heavy atom. The largest absolute Gasteiger partial charge is 0.494 e. The summed E-state index contributed by atoms with van der Waals surface area (Å²) in [6.45, 7) is 3.61. The Labute approximate surface area is 150 Å². The van der Waals surface area contributed by atoms with Crippen molar-refractivity contribution in [1.29, 1.82) is 0 Å². The van der Waals surface area contributed by atoms with Crippen molar-refractivity contribution in [2.75, 3.05) is 13.7 Å². The highest BCUT2D eigenvalue weighted by molar-refractivity contribution is 6.06. The summed E-state index contributed by atoms with van der Waals surface area (Å²) in [5, 5.41) is 16.6. The molecule has 136 valence electrons. The number of carbonyl (C=O) groups is 2. The molecule has 2 heterocycles. The van der Waals surface area contributed by atoms with Gasteiger partial charge in [0.15, 0.2) is 17.4 Å². The molecule has 0 saturated carbocycles. The van der Waals surface area contributed by atoms with E-state index in [4.69, 9.17) is 9.47 Å². The van der Waals surface area contributed by atoms with Crippen molar-refractivity contribution in [3.05, 3.63) is 18.3 Å². The number of nitrogens with one attached hydrogen (secondary N) is 2. The van der Waals surface area contributed by atoms with Gasteiger partial charge in [-0.05, 0) is 26.0 Å². The number of amides is 3. The van der Waals surface area contributed by atoms with Gasteiger partial charge in [-0.3, -0.25) is 10.1 Å². The predicted octanol–water partition coefficient (Wildman–Crippen LogP) is 1.36. The third kappa shape index (κ3) is 2.99. The molecule has 3 amide bonds. The summed E-state index contributed by atoms with van der Waals surface area (Å²) in [4.78, 5) is 23.4. The lowest BCUT2D eigenvalue weighted by atomic mass is 10.0. The number of benzene rings is 1. The molecule has 1 aromatic carbocycles. The Morgan fingerprint density at radius 2 is 2.08 bits per heavy atom. The van der Waals surface area contributed by atoms with Crippen LogP contribution in [0.1, 0.15) is 13.8 Å². The Morgan fingerprint density at radius 1 is 1.31 bits per heavy atom. The van der Waals surface area contributed by atoms with E-state index in [1.54, 1.807) is 32.2 Å². The highest BCUT2D eigenvalue weighted by Crippen LogP contribution is 2.38. The van der Waals surface area contributed by atoms with Crippen LogP contribution in [0.15, 0.2) is 18.3 Å². The first-order valence-electron chi connectivity index (χ1n) is 7.94. The molecule has 0 spiro atoms. The number of rotatable bonds is 5. The molecule has 0 bridgehead atoms. The SMILES string of the molecule is CC#CCOc1cc2cn(CC3(C)NC(=O)NC3=O)c(O)c2cc1OC. The van der Waals surface area contributed by atoms with Crippen LogP contribution in [0, 0.1) is 11.8 Å². The van der Waals surface area contributed by atoms with E-state index in [0.29, 0.717) is 22.3 Å². The van der Waals surface area contributed by atoms with E-state index in [9.17, 15) is 14.7 Å². The molecule has 1 saturated heterocycles. The van der Waals surface area contributed by atoms with E-state index in [0.717, 1.165) is 0 Å². The lowest BCUT2D eigenvalue weighted by Crippen LogP contribution is -2.47. The van der Waals surface area contributed by atoms with Crippen LogP contribution in [0.4, 0.5) is 4.79 Å². The van der Waals surface area contributed by atoms with Gasteiger partial charge in [-0.2, -0.15) is 0 Å². The minimum Gasteiger partial charge on any atom is -0.494 e. The first kappa shape index (κ1) is 17.5. The Kier molecular flexibility index (Phi) is 4.38. The molecule has 0 radical (unpaired) electrons. The third-order valence-corrected chi connectivity index (χ3v) is 4.22. The molecule has 8 heteroatoms. The summed E-state index contributed by atoms with van der Waals surface area (Å²) in [5.41, 5.74) is -1.15. The van der Waals surface area contributed by atoms with Crippen molar-refractivity contribution in [3.8, 4) is 29.2 Å². The fourth-order valence-corrected chi connectivity index (χ4v) is 2.87. The van der Waals surface area contributed by atoms with Gasteiger partial charge >= 0.3 is 6.03 Å². The van der Waals surface area contributed by atoms with E-state index in [1.165, 1.54) is 11.7 Å². The number of carbonyl (C=O) groups excluding carboxylic acids is 2. The maximum Gasteiger partial charge on any atom is 0.322 e. The van der Waals surface area contributed by atoms with Crippen molar-refractivity contribution in [2.24, 2.45) is 0 Å². The molecule has 1 aromatic heterocycles. The summed E-state index contributed by atoms with van der Waals surface area (Å²) in [5.74, 6) is 6.03. The Hall–Kier alpha value is -3.34. The first-order chi connectivity index (χ1) is 12.4. The van der Waals surface area contributed by atoms with Gasteiger partial charge in [0.2, 0.25) is 0 Å². The monoisotopic (exact) mass is 357 g/mol. The van der Waals surface area contributed by atoms with Gasteiger partial charge in [0, 0.05) is 17.0 Å². The molecule has 1 aliphatic rings. The molecule has 1 unspecified atom stereocenters. The fourth-order valence-electron chi connectivity index (χ4n) is 2.87. The number of aromatic nitrogens is 1. The van der Waals surface area contributed by atoms with Crippen LogP contribution in [-0.2, 0) is 11.3 Å². The zero-order chi connectivity index (χ0) is 18.9. The summed E-state index contributed by atoms with van der Waals surface area (Å²) in [6.07, 6.45) is 1.69. The molecule has 1 aliphatic heterocycles. The summed E-state index contributed by atoms with van der Waals surface area (Å²) < 4.78 is 12.4. The van der Waals surface area contributed by atoms with Gasteiger partial charge in [-0.25, -0.2) is 4.79 Å². The smallest absolute Gasteiger partial charge is 0.322 e. The van der Waals surface area contributed by atoms with Crippen LogP contribution in [0.3, 0.4) is 0 Å². The number of imide groups is 1. The zero-order valence-corrected chi connectivity index (χ0v) is 14.7. The molecule has 2 aromatic rings. The minimum absolute atomic E-state index is 0.0339. The van der Waals surface area contributed by atoms with E-state index in [-0.39, 0.29) is 19.0 Å². The number of urea groups is 1. The van der Waals surface area contributed by atoms with Crippen molar-refractivity contribution in [2.45, 2.75) is 25.9 Å². The Bertz CT molecular complexity index is 953. The van der Waals surface area contributed by atoms with Crippen molar-refractivity contribution >= 4 is 22.7 Å². The zero-order valence-electron chi connectivity index (χ0n) is 14.7. The van der Waals surface area contributed by atoms with Gasteiger partial charge in [-0.1, -0.05) is 5.92 Å². The predicted molar refractivity (Wildman–Crippen MR) is 94.2 cm³/mol. The van der Waals surface area contributed by atoms with Crippen molar-refractivity contribution in [3.63, 3.8) is 0 Å². The van der Waals surface area contributed by atoms with Crippen LogP contribution in [0.25, 0.3) is 10.8 Å². The first-order valence-corrected chi connectivity index (χ1v) is 7.94. The van der Waals surface area contributed by atoms with E-state index < -0.39 is 17.5 Å². The second-order valence-corrected chi connectivity index (χ2v) is 6.13. The number of hydrogen-bond donors (Lipinski definition) is 3. The molecule has 8 nitrogen and oxygen atoms in total.